The van der Waals surface area contributed by atoms with Crippen LogP contribution in [0.25, 0.3) is 0 Å². The Balaban J connectivity index is 2.51. The maximum atomic E-state index is 13.4. The van der Waals surface area contributed by atoms with Crippen LogP contribution in [0.2, 0.25) is 0 Å². The molecule has 0 aromatic carbocycles. The van der Waals surface area contributed by atoms with E-state index in [-0.39, 0.29) is 23.9 Å². The third-order valence-corrected chi connectivity index (χ3v) is 6.65. The molecule has 2 saturated heterocycles. The van der Waals surface area contributed by atoms with E-state index < -0.39 is 17.6 Å². The number of piperidine rings is 1. The summed E-state index contributed by atoms with van der Waals surface area (Å²) in [6.07, 6.45) is 9.27. The number of hydrogen-bond donors (Lipinski definition) is 3. The third kappa shape index (κ3) is 6.30. The zero-order valence-corrected chi connectivity index (χ0v) is 21.6. The van der Waals surface area contributed by atoms with Gasteiger partial charge in [0.25, 0.3) is 5.91 Å². The van der Waals surface area contributed by atoms with E-state index in [9.17, 15) is 24.2 Å². The summed E-state index contributed by atoms with van der Waals surface area (Å²) in [4.78, 5) is 28.5. The number of carbonyl (C=O) groups is 2. The predicted molar refractivity (Wildman–Crippen MR) is 136 cm³/mol. The van der Waals surface area contributed by atoms with Crippen molar-refractivity contribution in [2.75, 3.05) is 19.6 Å². The first-order valence-corrected chi connectivity index (χ1v) is 12.5. The molecule has 0 spiro atoms. The summed E-state index contributed by atoms with van der Waals surface area (Å²) in [7, 11) is 0. The van der Waals surface area contributed by atoms with Crippen molar-refractivity contribution < 1.29 is 24.2 Å². The molecule has 1 amide bonds. The molecule has 0 aromatic rings. The topological polar surface area (TPSA) is 93.1 Å². The maximum Gasteiger partial charge on any atom is 0.272 e. The Labute approximate surface area is 208 Å². The number of likely N-dealkylation sites (tertiary alicyclic amines) is 1. The van der Waals surface area contributed by atoms with Crippen molar-refractivity contribution in [3.8, 4) is 0 Å². The molecular weight excluding hydrogens is 449 g/mol. The number of allylic oxidation sites excluding steroid dienone is 5. The van der Waals surface area contributed by atoms with Crippen molar-refractivity contribution in [3.05, 3.63) is 58.3 Å². The third-order valence-electron chi connectivity index (χ3n) is 6.65. The smallest absolute Gasteiger partial charge is 0.272 e. The second kappa shape index (κ2) is 12.8. The van der Waals surface area contributed by atoms with Crippen LogP contribution in [0.5, 0.6) is 0 Å². The van der Waals surface area contributed by atoms with Gasteiger partial charge in [0, 0.05) is 25.2 Å². The molecule has 2 aliphatic heterocycles. The summed E-state index contributed by atoms with van der Waals surface area (Å²) in [5.41, 5.74) is 1.07. The molecule has 2 unspecified atom stereocenters. The largest absolute Gasteiger partial charge is 0.504 e. The maximum absolute atomic E-state index is 13.4. The fraction of sp³-hybridized carbons (Fsp3) is 0.556. The van der Waals surface area contributed by atoms with Crippen molar-refractivity contribution in [2.24, 2.45) is 0 Å². The van der Waals surface area contributed by atoms with E-state index >= 15 is 0 Å². The zero-order chi connectivity index (χ0) is 26.2. The SMILES string of the molecule is CC/C=C/C(=C\C=C(/C)F)CN1CCC(=C2/NC(CC)(CCC)N(CC)C2=O)/C(=C(/O)C=O)C1O. The van der Waals surface area contributed by atoms with Gasteiger partial charge < -0.3 is 20.4 Å². The summed E-state index contributed by atoms with van der Waals surface area (Å²) in [6, 6.07) is 0. The minimum atomic E-state index is -1.31. The van der Waals surface area contributed by atoms with Crippen molar-refractivity contribution in [3.63, 3.8) is 0 Å². The average molecular weight is 490 g/mol. The second-order valence-corrected chi connectivity index (χ2v) is 8.98. The van der Waals surface area contributed by atoms with Crippen molar-refractivity contribution in [1.29, 1.82) is 0 Å². The standard InChI is InChI=1S/C27H40FN3O4/c1-6-10-11-20(13-12-19(5)28)17-30-16-14-21(23(25(30)34)22(33)18-32)24-26(35)31(9-4)27(8-3,29-24)15-7-2/h10-13,18,25,29,33-34H,6-9,14-17H2,1-5H3/b11-10+,19-12+,20-13+,23-22-,24-21-. The predicted octanol–water partition coefficient (Wildman–Crippen LogP) is 4.40. The highest BCUT2D eigenvalue weighted by Crippen LogP contribution is 2.38. The molecule has 0 bridgehead atoms. The van der Waals surface area contributed by atoms with Crippen molar-refractivity contribution in [2.45, 2.75) is 78.6 Å². The van der Waals surface area contributed by atoms with Gasteiger partial charge in [-0.15, -0.1) is 0 Å². The molecule has 0 aliphatic carbocycles. The molecule has 0 saturated carbocycles. The van der Waals surface area contributed by atoms with E-state index in [0.29, 0.717) is 43.5 Å². The number of nitrogens with one attached hydrogen (secondary N) is 1. The van der Waals surface area contributed by atoms with Crippen LogP contribution in [0, 0.1) is 0 Å². The van der Waals surface area contributed by atoms with Crippen LogP contribution in [-0.2, 0) is 9.59 Å². The molecule has 8 heteroatoms. The van der Waals surface area contributed by atoms with E-state index in [4.69, 9.17) is 0 Å². The van der Waals surface area contributed by atoms with Gasteiger partial charge in [0.1, 0.15) is 17.6 Å². The molecule has 35 heavy (non-hydrogen) atoms. The number of likely N-dealkylation sites (N-methyl/N-ethyl adjacent to an activating group) is 1. The Bertz CT molecular complexity index is 946. The van der Waals surface area contributed by atoms with Gasteiger partial charge in [-0.3, -0.25) is 14.5 Å². The summed E-state index contributed by atoms with van der Waals surface area (Å²) >= 11 is 0. The van der Waals surface area contributed by atoms with Crippen molar-refractivity contribution >= 4 is 12.2 Å². The molecule has 2 heterocycles. The minimum Gasteiger partial charge on any atom is -0.504 e. The summed E-state index contributed by atoms with van der Waals surface area (Å²) in [5, 5.41) is 25.2. The lowest BCUT2D eigenvalue weighted by atomic mass is 9.92. The number of rotatable bonds is 10. The van der Waals surface area contributed by atoms with Gasteiger partial charge in [-0.25, -0.2) is 4.39 Å². The van der Waals surface area contributed by atoms with Gasteiger partial charge in [-0.1, -0.05) is 45.4 Å². The van der Waals surface area contributed by atoms with Gasteiger partial charge >= 0.3 is 0 Å². The van der Waals surface area contributed by atoms with E-state index in [1.165, 1.54) is 13.0 Å². The Hall–Kier alpha value is -2.71. The lowest BCUT2D eigenvalue weighted by Crippen LogP contribution is -2.51. The highest BCUT2D eigenvalue weighted by atomic mass is 19.1. The summed E-state index contributed by atoms with van der Waals surface area (Å²) < 4.78 is 13.3. The highest BCUT2D eigenvalue weighted by Gasteiger charge is 2.47. The van der Waals surface area contributed by atoms with Gasteiger partial charge in [-0.05, 0) is 56.8 Å². The van der Waals surface area contributed by atoms with Crippen LogP contribution in [0.4, 0.5) is 4.39 Å². The fourth-order valence-electron chi connectivity index (χ4n) is 4.91. The Morgan fingerprint density at radius 3 is 2.51 bits per heavy atom. The lowest BCUT2D eigenvalue weighted by Gasteiger charge is -2.37. The zero-order valence-electron chi connectivity index (χ0n) is 21.6. The molecule has 0 radical (unpaired) electrons. The second-order valence-electron chi connectivity index (χ2n) is 8.98. The number of nitrogens with zero attached hydrogens (tertiary/aromatic N) is 2. The Kier molecular flexibility index (Phi) is 10.5. The molecule has 2 aliphatic rings. The van der Waals surface area contributed by atoms with Crippen LogP contribution >= 0.6 is 0 Å². The Morgan fingerprint density at radius 2 is 1.97 bits per heavy atom. The normalized spacial score (nSPS) is 28.1. The quantitative estimate of drug-likeness (QED) is 0.182. The van der Waals surface area contributed by atoms with E-state index in [2.05, 4.69) is 12.2 Å². The monoisotopic (exact) mass is 489 g/mol. The van der Waals surface area contributed by atoms with Crippen LogP contribution in [0.1, 0.15) is 66.7 Å². The molecule has 0 aromatic heterocycles. The van der Waals surface area contributed by atoms with E-state index in [1.807, 2.05) is 32.9 Å². The van der Waals surface area contributed by atoms with Crippen LogP contribution in [0.3, 0.4) is 0 Å². The molecule has 2 fully saturated rings. The summed E-state index contributed by atoms with van der Waals surface area (Å²) in [5.74, 6) is -1.12. The van der Waals surface area contributed by atoms with E-state index in [0.717, 1.165) is 24.8 Å². The first-order chi connectivity index (χ1) is 16.7. The van der Waals surface area contributed by atoms with Gasteiger partial charge in [0.2, 0.25) is 0 Å². The van der Waals surface area contributed by atoms with Crippen LogP contribution < -0.4 is 5.32 Å². The van der Waals surface area contributed by atoms with Gasteiger partial charge in [-0.2, -0.15) is 0 Å². The van der Waals surface area contributed by atoms with Crippen molar-refractivity contribution in [1.82, 2.24) is 15.1 Å². The number of aliphatic hydroxyl groups excluding tert-OH is 2. The minimum absolute atomic E-state index is 0.0394. The number of halogens is 1. The van der Waals surface area contributed by atoms with Crippen LogP contribution in [-0.4, -0.2) is 63.7 Å². The average Bonchev–Trinajstić information content (AvgIpc) is 3.12. The molecule has 2 atom stereocenters. The molecule has 2 rings (SSSR count). The molecular formula is C27H40FN3O4. The Morgan fingerprint density at radius 1 is 1.26 bits per heavy atom. The van der Waals surface area contributed by atoms with E-state index in [1.54, 1.807) is 15.9 Å². The lowest BCUT2D eigenvalue weighted by molar-refractivity contribution is -0.129. The number of amides is 1. The fourth-order valence-corrected chi connectivity index (χ4v) is 4.91. The van der Waals surface area contributed by atoms with Crippen LogP contribution in [0.15, 0.2) is 58.3 Å². The number of aliphatic hydroxyl groups is 2. The summed E-state index contributed by atoms with van der Waals surface area (Å²) in [6.45, 7) is 10.5. The van der Waals surface area contributed by atoms with Gasteiger partial charge in [0.05, 0.1) is 5.83 Å². The molecule has 7 nitrogen and oxygen atoms in total. The number of hydrogen-bond acceptors (Lipinski definition) is 6. The number of carbonyl (C=O) groups excluding carboxylic acids is 2. The number of aldehydes is 1. The first kappa shape index (κ1) is 28.5. The molecule has 3 N–H and O–H groups in total. The highest BCUT2D eigenvalue weighted by molar-refractivity contribution is 5.98. The molecule has 194 valence electrons. The first-order valence-electron chi connectivity index (χ1n) is 12.5. The van der Waals surface area contributed by atoms with Gasteiger partial charge in [0.15, 0.2) is 12.0 Å².